The van der Waals surface area contributed by atoms with Crippen LogP contribution in [-0.2, 0) is 21.2 Å². The molecular formula is C26H30N4O3S. The van der Waals surface area contributed by atoms with Gasteiger partial charge in [-0.25, -0.2) is 8.42 Å². The van der Waals surface area contributed by atoms with Crippen molar-refractivity contribution in [1.82, 2.24) is 9.62 Å². The van der Waals surface area contributed by atoms with Crippen LogP contribution in [-0.4, -0.2) is 44.2 Å². The number of nitrogens with zero attached hydrogens (tertiary/aromatic N) is 1. The Labute approximate surface area is 200 Å². The third-order valence-electron chi connectivity index (χ3n) is 6.55. The third kappa shape index (κ3) is 5.29. The molecule has 0 bridgehead atoms. The summed E-state index contributed by atoms with van der Waals surface area (Å²) in [6.07, 6.45) is 4.20. The van der Waals surface area contributed by atoms with Gasteiger partial charge >= 0.3 is 0 Å². The summed E-state index contributed by atoms with van der Waals surface area (Å²) in [5.74, 6) is -0.288. The summed E-state index contributed by atoms with van der Waals surface area (Å²) in [7, 11) is -2.19. The zero-order valence-corrected chi connectivity index (χ0v) is 20.0. The quantitative estimate of drug-likeness (QED) is 0.340. The average molecular weight is 479 g/mol. The van der Waals surface area contributed by atoms with E-state index in [0.717, 1.165) is 42.0 Å². The van der Waals surface area contributed by atoms with Crippen LogP contribution >= 0.6 is 0 Å². The lowest BCUT2D eigenvalue weighted by atomic mass is 10.0. The number of nitrogen functional groups attached to an aromatic ring is 1. The first-order valence-electron chi connectivity index (χ1n) is 11.5. The van der Waals surface area contributed by atoms with Crippen LogP contribution in [0.25, 0.3) is 10.8 Å². The summed E-state index contributed by atoms with van der Waals surface area (Å²) in [5, 5.41) is 9.32. The molecule has 1 amide bonds. The highest BCUT2D eigenvalue weighted by Gasteiger charge is 2.32. The van der Waals surface area contributed by atoms with E-state index in [9.17, 15) is 13.2 Å². The molecule has 4 N–H and O–H groups in total. The molecule has 0 saturated heterocycles. The van der Waals surface area contributed by atoms with Gasteiger partial charge in [-0.05, 0) is 47.7 Å². The van der Waals surface area contributed by atoms with Crippen LogP contribution in [0.1, 0.15) is 36.8 Å². The van der Waals surface area contributed by atoms with Crippen LogP contribution in [0.5, 0.6) is 0 Å². The van der Waals surface area contributed by atoms with E-state index >= 15 is 0 Å². The van der Waals surface area contributed by atoms with Crippen LogP contribution in [0.2, 0.25) is 0 Å². The van der Waals surface area contributed by atoms with Crippen molar-refractivity contribution in [3.05, 3.63) is 77.9 Å². The van der Waals surface area contributed by atoms with Crippen molar-refractivity contribution in [2.45, 2.75) is 49.1 Å². The molecule has 0 aromatic heterocycles. The number of nitrogens with one attached hydrogen (secondary N) is 2. The van der Waals surface area contributed by atoms with Gasteiger partial charge in [-0.3, -0.25) is 10.2 Å². The number of amides is 1. The molecule has 178 valence electrons. The Morgan fingerprint density at radius 3 is 2.35 bits per heavy atom. The highest BCUT2D eigenvalue weighted by molar-refractivity contribution is 7.89. The number of rotatable bonds is 8. The molecule has 4 rings (SSSR count). The van der Waals surface area contributed by atoms with E-state index < -0.39 is 16.1 Å². The monoisotopic (exact) mass is 478 g/mol. The molecular weight excluding hydrogens is 448 g/mol. The van der Waals surface area contributed by atoms with E-state index in [2.05, 4.69) is 4.72 Å². The van der Waals surface area contributed by atoms with Crippen LogP contribution < -0.4 is 10.5 Å². The van der Waals surface area contributed by atoms with Crippen molar-refractivity contribution in [3.8, 4) is 0 Å². The summed E-state index contributed by atoms with van der Waals surface area (Å²) in [6.45, 7) is 0. The minimum atomic E-state index is -3.95. The maximum absolute atomic E-state index is 13.5. The zero-order chi connectivity index (χ0) is 24.3. The van der Waals surface area contributed by atoms with Crippen molar-refractivity contribution in [2.24, 2.45) is 5.73 Å². The molecule has 1 aliphatic carbocycles. The molecule has 1 saturated carbocycles. The fourth-order valence-electron chi connectivity index (χ4n) is 4.54. The van der Waals surface area contributed by atoms with E-state index in [0.29, 0.717) is 5.56 Å². The van der Waals surface area contributed by atoms with Crippen molar-refractivity contribution in [2.75, 3.05) is 7.05 Å². The number of hydrogen-bond donors (Lipinski definition) is 3. The number of amidine groups is 1. The van der Waals surface area contributed by atoms with Crippen LogP contribution in [0.4, 0.5) is 0 Å². The van der Waals surface area contributed by atoms with Gasteiger partial charge in [0, 0.05) is 18.7 Å². The Morgan fingerprint density at radius 2 is 1.71 bits per heavy atom. The molecule has 1 atom stereocenters. The van der Waals surface area contributed by atoms with Gasteiger partial charge in [-0.15, -0.1) is 0 Å². The second kappa shape index (κ2) is 9.95. The third-order valence-corrected chi connectivity index (χ3v) is 8.02. The van der Waals surface area contributed by atoms with Gasteiger partial charge in [0.1, 0.15) is 11.9 Å². The number of carbonyl (C=O) groups excluding carboxylic acids is 1. The molecule has 0 radical (unpaired) electrons. The number of hydrogen-bond acceptors (Lipinski definition) is 4. The molecule has 0 spiro atoms. The normalized spacial score (nSPS) is 15.3. The van der Waals surface area contributed by atoms with Gasteiger partial charge in [-0.1, -0.05) is 67.4 Å². The standard InChI is InChI=1S/C26H30N4O3S/c1-30(22-8-4-5-9-22)26(31)24(16-18-10-12-20(13-11-18)25(27)28)29-34(32,33)23-15-14-19-6-2-3-7-21(19)17-23/h2-3,6-7,10-15,17,22,24,29H,4-5,8-9,16H2,1H3,(H3,27,28)/t24-/m0/s1. The molecule has 0 aliphatic heterocycles. The fourth-order valence-corrected chi connectivity index (χ4v) is 5.77. The summed E-state index contributed by atoms with van der Waals surface area (Å²) < 4.78 is 29.4. The molecule has 0 heterocycles. The van der Waals surface area contributed by atoms with Crippen LogP contribution in [0.3, 0.4) is 0 Å². The van der Waals surface area contributed by atoms with E-state index in [4.69, 9.17) is 11.1 Å². The van der Waals surface area contributed by atoms with Crippen molar-refractivity contribution < 1.29 is 13.2 Å². The highest BCUT2D eigenvalue weighted by Crippen LogP contribution is 2.24. The topological polar surface area (TPSA) is 116 Å². The average Bonchev–Trinajstić information content (AvgIpc) is 3.37. The highest BCUT2D eigenvalue weighted by atomic mass is 32.2. The maximum Gasteiger partial charge on any atom is 0.241 e. The Bertz CT molecular complexity index is 1300. The Kier molecular flexibility index (Phi) is 7.00. The smallest absolute Gasteiger partial charge is 0.241 e. The molecule has 7 nitrogen and oxygen atoms in total. The first-order valence-corrected chi connectivity index (χ1v) is 12.9. The predicted molar refractivity (Wildman–Crippen MR) is 134 cm³/mol. The lowest BCUT2D eigenvalue weighted by Gasteiger charge is -2.29. The molecule has 34 heavy (non-hydrogen) atoms. The van der Waals surface area contributed by atoms with Crippen molar-refractivity contribution in [1.29, 1.82) is 5.41 Å². The molecule has 1 fully saturated rings. The summed E-state index contributed by atoms with van der Waals surface area (Å²) in [5.41, 5.74) is 6.90. The minimum Gasteiger partial charge on any atom is -0.384 e. The first-order chi connectivity index (χ1) is 16.2. The first kappa shape index (κ1) is 23.9. The lowest BCUT2D eigenvalue weighted by molar-refractivity contribution is -0.133. The second-order valence-electron chi connectivity index (χ2n) is 8.88. The van der Waals surface area contributed by atoms with Gasteiger partial charge in [0.15, 0.2) is 0 Å². The van der Waals surface area contributed by atoms with Gasteiger partial charge < -0.3 is 10.6 Å². The molecule has 3 aromatic rings. The summed E-state index contributed by atoms with van der Waals surface area (Å²) in [6, 6.07) is 18.6. The van der Waals surface area contributed by atoms with Crippen molar-refractivity contribution in [3.63, 3.8) is 0 Å². The number of sulfonamides is 1. The molecule has 3 aromatic carbocycles. The molecule has 8 heteroatoms. The van der Waals surface area contributed by atoms with Gasteiger partial charge in [0.05, 0.1) is 4.90 Å². The number of likely N-dealkylation sites (N-methyl/N-ethyl adjacent to an activating group) is 1. The Balaban J connectivity index is 1.62. The number of benzene rings is 3. The van der Waals surface area contributed by atoms with E-state index in [1.165, 1.54) is 0 Å². The summed E-state index contributed by atoms with van der Waals surface area (Å²) in [4.78, 5) is 15.3. The number of nitrogens with two attached hydrogens (primary N) is 1. The fraction of sp³-hybridized carbons (Fsp3) is 0.308. The molecule has 0 unspecified atom stereocenters. The van der Waals surface area contributed by atoms with Crippen LogP contribution in [0, 0.1) is 5.41 Å². The number of fused-ring (bicyclic) bond motifs is 1. The maximum atomic E-state index is 13.5. The second-order valence-corrected chi connectivity index (χ2v) is 10.6. The van der Waals surface area contributed by atoms with Gasteiger partial charge in [0.25, 0.3) is 0 Å². The Morgan fingerprint density at radius 1 is 1.06 bits per heavy atom. The van der Waals surface area contributed by atoms with E-state index in [1.807, 2.05) is 24.3 Å². The summed E-state index contributed by atoms with van der Waals surface area (Å²) >= 11 is 0. The SMILES string of the molecule is CN(C(=O)[C@H](Cc1ccc(C(=N)N)cc1)NS(=O)(=O)c1ccc2ccccc2c1)C1CCCC1. The van der Waals surface area contributed by atoms with Gasteiger partial charge in [-0.2, -0.15) is 4.72 Å². The van der Waals surface area contributed by atoms with E-state index in [-0.39, 0.29) is 29.1 Å². The minimum absolute atomic E-state index is 0.0443. The lowest BCUT2D eigenvalue weighted by Crippen LogP contribution is -2.50. The zero-order valence-electron chi connectivity index (χ0n) is 19.2. The largest absolute Gasteiger partial charge is 0.384 e. The predicted octanol–water partition coefficient (Wildman–Crippen LogP) is 3.41. The van der Waals surface area contributed by atoms with Crippen LogP contribution in [0.15, 0.2) is 71.6 Å². The molecule has 1 aliphatic rings. The van der Waals surface area contributed by atoms with Crippen molar-refractivity contribution >= 4 is 32.5 Å². The van der Waals surface area contributed by atoms with Gasteiger partial charge in [0.2, 0.25) is 15.9 Å². The Hall–Kier alpha value is -3.23. The number of carbonyl (C=O) groups is 1. The van der Waals surface area contributed by atoms with E-state index in [1.54, 1.807) is 54.4 Å².